The lowest BCUT2D eigenvalue weighted by Crippen LogP contribution is -2.28. The molecule has 0 aromatic rings. The van der Waals surface area contributed by atoms with Gasteiger partial charge in [-0.2, -0.15) is 0 Å². The van der Waals surface area contributed by atoms with Crippen molar-refractivity contribution in [2.75, 3.05) is 7.05 Å². The van der Waals surface area contributed by atoms with Crippen LogP contribution in [0.4, 0.5) is 0 Å². The predicted molar refractivity (Wildman–Crippen MR) is 54.5 cm³/mol. The lowest BCUT2D eigenvalue weighted by atomic mass is 10.1. The van der Waals surface area contributed by atoms with E-state index in [2.05, 4.69) is 6.58 Å². The molecule has 3 nitrogen and oxygen atoms in total. The fraction of sp³-hybridized carbons (Fsp3) is 0.455. The molecular formula is C11H15NO2. The summed E-state index contributed by atoms with van der Waals surface area (Å²) in [5.41, 5.74) is 0.571. The van der Waals surface area contributed by atoms with Gasteiger partial charge in [0.05, 0.1) is 5.41 Å². The molecule has 1 atom stereocenters. The summed E-state index contributed by atoms with van der Waals surface area (Å²) >= 11 is 0. The van der Waals surface area contributed by atoms with E-state index in [9.17, 15) is 9.59 Å². The number of rotatable bonds is 3. The van der Waals surface area contributed by atoms with Crippen LogP contribution >= 0.6 is 0 Å². The topological polar surface area (TPSA) is 37.4 Å². The number of nitrogens with zero attached hydrogens (tertiary/aromatic N) is 1. The summed E-state index contributed by atoms with van der Waals surface area (Å²) in [7, 11) is 1.65. The standard InChI is InChI=1S/C11H15NO2/c1-8-7-11(8,3)10(14)12(4)6-5-9(2)13/h5-6H,1,7H2,2-4H3/b6-5+/t11-/m1/s1. The summed E-state index contributed by atoms with van der Waals surface area (Å²) in [5, 5.41) is 0. The zero-order valence-electron chi connectivity index (χ0n) is 8.83. The third-order valence-corrected chi connectivity index (χ3v) is 2.55. The van der Waals surface area contributed by atoms with Gasteiger partial charge in [0, 0.05) is 13.2 Å². The molecule has 0 unspecified atom stereocenters. The molecule has 1 fully saturated rings. The number of allylic oxidation sites excluding steroid dienone is 1. The van der Waals surface area contributed by atoms with Crippen LogP contribution in [0.1, 0.15) is 20.3 Å². The second-order valence-electron chi connectivity index (χ2n) is 3.95. The summed E-state index contributed by atoms with van der Waals surface area (Å²) in [4.78, 5) is 23.9. The number of hydrogen-bond acceptors (Lipinski definition) is 2. The van der Waals surface area contributed by atoms with Gasteiger partial charge in [-0.3, -0.25) is 9.59 Å². The molecule has 0 aromatic heterocycles. The second-order valence-corrected chi connectivity index (χ2v) is 3.95. The normalized spacial score (nSPS) is 25.2. The molecule has 1 aliphatic carbocycles. The van der Waals surface area contributed by atoms with Crippen molar-refractivity contribution < 1.29 is 9.59 Å². The van der Waals surface area contributed by atoms with E-state index in [1.54, 1.807) is 7.05 Å². The van der Waals surface area contributed by atoms with Crippen molar-refractivity contribution in [1.82, 2.24) is 4.90 Å². The molecule has 0 aliphatic heterocycles. The van der Waals surface area contributed by atoms with Crippen molar-refractivity contribution in [2.45, 2.75) is 20.3 Å². The van der Waals surface area contributed by atoms with Crippen molar-refractivity contribution in [3.05, 3.63) is 24.4 Å². The van der Waals surface area contributed by atoms with Crippen molar-refractivity contribution in [3.8, 4) is 0 Å². The lowest BCUT2D eigenvalue weighted by molar-refractivity contribution is -0.131. The summed E-state index contributed by atoms with van der Waals surface area (Å²) < 4.78 is 0. The van der Waals surface area contributed by atoms with E-state index in [4.69, 9.17) is 0 Å². The third-order valence-electron chi connectivity index (χ3n) is 2.55. The Morgan fingerprint density at radius 2 is 2.07 bits per heavy atom. The molecule has 0 aromatic carbocycles. The first-order valence-corrected chi connectivity index (χ1v) is 4.52. The van der Waals surface area contributed by atoms with Gasteiger partial charge in [-0.25, -0.2) is 0 Å². The Kier molecular flexibility index (Phi) is 2.60. The largest absolute Gasteiger partial charge is 0.321 e. The highest BCUT2D eigenvalue weighted by atomic mass is 16.2. The molecule has 1 rings (SSSR count). The van der Waals surface area contributed by atoms with Gasteiger partial charge in [0.2, 0.25) is 5.91 Å². The molecular weight excluding hydrogens is 178 g/mol. The van der Waals surface area contributed by atoms with E-state index in [1.165, 1.54) is 24.1 Å². The van der Waals surface area contributed by atoms with Crippen LogP contribution < -0.4 is 0 Å². The first-order chi connectivity index (χ1) is 6.38. The first-order valence-electron chi connectivity index (χ1n) is 4.52. The molecule has 3 heteroatoms. The Hall–Kier alpha value is -1.38. The van der Waals surface area contributed by atoms with E-state index in [0.717, 1.165) is 12.0 Å². The average Bonchev–Trinajstić information content (AvgIpc) is 2.70. The highest BCUT2D eigenvalue weighted by molar-refractivity contribution is 5.92. The third kappa shape index (κ3) is 1.92. The molecule has 1 aliphatic rings. The van der Waals surface area contributed by atoms with Gasteiger partial charge in [-0.15, -0.1) is 0 Å². The van der Waals surface area contributed by atoms with Crippen LogP contribution in [0.5, 0.6) is 0 Å². The van der Waals surface area contributed by atoms with E-state index in [-0.39, 0.29) is 11.7 Å². The molecule has 1 saturated carbocycles. The van der Waals surface area contributed by atoms with Gasteiger partial charge in [-0.1, -0.05) is 12.2 Å². The number of carbonyl (C=O) groups is 2. The Balaban J connectivity index is 2.63. The van der Waals surface area contributed by atoms with Gasteiger partial charge in [-0.05, 0) is 26.3 Å². The molecule has 0 saturated heterocycles. The number of amides is 1. The van der Waals surface area contributed by atoms with Crippen LogP contribution in [0.3, 0.4) is 0 Å². The number of carbonyl (C=O) groups excluding carboxylic acids is 2. The minimum absolute atomic E-state index is 0.000000000000000444. The Morgan fingerprint density at radius 3 is 2.43 bits per heavy atom. The fourth-order valence-corrected chi connectivity index (χ4v) is 1.28. The second kappa shape index (κ2) is 3.40. The van der Waals surface area contributed by atoms with Gasteiger partial charge in [0.15, 0.2) is 5.78 Å². The Bertz CT molecular complexity index is 330. The van der Waals surface area contributed by atoms with Crippen LogP contribution in [-0.4, -0.2) is 23.6 Å². The predicted octanol–water partition coefficient (Wildman–Crippen LogP) is 1.51. The summed E-state index contributed by atoms with van der Waals surface area (Å²) in [5.74, 6) is -0.0653. The monoisotopic (exact) mass is 193 g/mol. The lowest BCUT2D eigenvalue weighted by Gasteiger charge is -2.16. The molecule has 76 valence electrons. The van der Waals surface area contributed by atoms with Gasteiger partial charge in [0.1, 0.15) is 0 Å². The van der Waals surface area contributed by atoms with Gasteiger partial charge >= 0.3 is 0 Å². The quantitative estimate of drug-likeness (QED) is 0.503. The van der Waals surface area contributed by atoms with Crippen molar-refractivity contribution in [1.29, 1.82) is 0 Å². The summed E-state index contributed by atoms with van der Waals surface area (Å²) in [6.45, 7) is 7.10. The smallest absolute Gasteiger partial charge is 0.236 e. The molecule has 14 heavy (non-hydrogen) atoms. The SMILES string of the molecule is C=C1C[C@@]1(C)C(=O)N(C)/C=C/C(C)=O. The van der Waals surface area contributed by atoms with E-state index in [1.807, 2.05) is 6.92 Å². The number of hydrogen-bond donors (Lipinski definition) is 0. The molecule has 0 radical (unpaired) electrons. The van der Waals surface area contributed by atoms with Crippen molar-refractivity contribution in [3.63, 3.8) is 0 Å². The maximum Gasteiger partial charge on any atom is 0.236 e. The number of ketones is 1. The van der Waals surface area contributed by atoms with Crippen LogP contribution in [0.2, 0.25) is 0 Å². The average molecular weight is 193 g/mol. The molecule has 0 heterocycles. The van der Waals surface area contributed by atoms with Gasteiger partial charge in [0.25, 0.3) is 0 Å². The molecule has 0 spiro atoms. The van der Waals surface area contributed by atoms with Crippen LogP contribution in [0, 0.1) is 5.41 Å². The minimum Gasteiger partial charge on any atom is -0.321 e. The zero-order valence-corrected chi connectivity index (χ0v) is 8.83. The summed E-state index contributed by atoms with van der Waals surface area (Å²) in [6.07, 6.45) is 3.64. The van der Waals surface area contributed by atoms with E-state index >= 15 is 0 Å². The molecule has 1 amide bonds. The van der Waals surface area contributed by atoms with Crippen molar-refractivity contribution in [2.24, 2.45) is 5.41 Å². The Morgan fingerprint density at radius 1 is 1.57 bits per heavy atom. The maximum absolute atomic E-state index is 11.8. The maximum atomic E-state index is 11.8. The highest BCUT2D eigenvalue weighted by Crippen LogP contribution is 2.51. The van der Waals surface area contributed by atoms with E-state index in [0.29, 0.717) is 0 Å². The minimum atomic E-state index is -0.393. The Labute approximate surface area is 84.1 Å². The fourth-order valence-electron chi connectivity index (χ4n) is 1.28. The molecule has 0 bridgehead atoms. The first kappa shape index (κ1) is 10.7. The van der Waals surface area contributed by atoms with Gasteiger partial charge < -0.3 is 4.90 Å². The molecule has 0 N–H and O–H groups in total. The van der Waals surface area contributed by atoms with Crippen LogP contribution in [-0.2, 0) is 9.59 Å². The highest BCUT2D eigenvalue weighted by Gasteiger charge is 2.50. The zero-order chi connectivity index (χ0) is 10.9. The van der Waals surface area contributed by atoms with Crippen LogP contribution in [0.15, 0.2) is 24.4 Å². The van der Waals surface area contributed by atoms with Crippen molar-refractivity contribution >= 4 is 11.7 Å². The summed E-state index contributed by atoms with van der Waals surface area (Å²) in [6, 6.07) is 0. The van der Waals surface area contributed by atoms with Crippen LogP contribution in [0.25, 0.3) is 0 Å². The van der Waals surface area contributed by atoms with E-state index < -0.39 is 5.41 Å².